The number of benzene rings is 1. The van der Waals surface area contributed by atoms with Crippen molar-refractivity contribution in [3.8, 4) is 11.8 Å². The molecule has 0 unspecified atom stereocenters. The van der Waals surface area contributed by atoms with Gasteiger partial charge in [0, 0.05) is 12.7 Å². The molecule has 1 N–H and O–H groups in total. The Bertz CT molecular complexity index is 610. The van der Waals surface area contributed by atoms with Crippen LogP contribution in [-0.4, -0.2) is 18.1 Å². The molecule has 102 valence electrons. The standard InChI is InChI=1S/C15H14FN3O/c16-13-6-1-2-7-14(13)20-10-4-9-19-15-12(11-17)5-3-8-18-15/h1-3,5-8H,4,9-10H2,(H,18,19). The molecule has 0 fully saturated rings. The van der Waals surface area contributed by atoms with Crippen molar-refractivity contribution in [3.63, 3.8) is 0 Å². The lowest BCUT2D eigenvalue weighted by Crippen LogP contribution is -2.09. The predicted molar refractivity (Wildman–Crippen MR) is 74.0 cm³/mol. The van der Waals surface area contributed by atoms with Crippen molar-refractivity contribution in [2.24, 2.45) is 0 Å². The van der Waals surface area contributed by atoms with Crippen LogP contribution in [0.3, 0.4) is 0 Å². The van der Waals surface area contributed by atoms with Gasteiger partial charge in [-0.3, -0.25) is 0 Å². The first-order valence-electron chi connectivity index (χ1n) is 6.27. The van der Waals surface area contributed by atoms with E-state index in [0.29, 0.717) is 31.0 Å². The van der Waals surface area contributed by atoms with E-state index in [1.165, 1.54) is 6.07 Å². The lowest BCUT2D eigenvalue weighted by Gasteiger charge is -2.08. The third kappa shape index (κ3) is 3.69. The fraction of sp³-hybridized carbons (Fsp3) is 0.200. The Labute approximate surface area is 116 Å². The molecule has 0 radical (unpaired) electrons. The van der Waals surface area contributed by atoms with Crippen LogP contribution in [0, 0.1) is 17.1 Å². The van der Waals surface area contributed by atoms with Crippen molar-refractivity contribution >= 4 is 5.82 Å². The minimum Gasteiger partial charge on any atom is -0.490 e. The van der Waals surface area contributed by atoms with Gasteiger partial charge in [-0.2, -0.15) is 5.26 Å². The Morgan fingerprint density at radius 2 is 2.10 bits per heavy atom. The summed E-state index contributed by atoms with van der Waals surface area (Å²) in [5, 5.41) is 12.0. The predicted octanol–water partition coefficient (Wildman–Crippen LogP) is 2.97. The quantitative estimate of drug-likeness (QED) is 0.821. The molecule has 0 saturated heterocycles. The number of pyridine rings is 1. The lowest BCUT2D eigenvalue weighted by molar-refractivity contribution is 0.299. The van der Waals surface area contributed by atoms with Crippen LogP contribution in [0.2, 0.25) is 0 Å². The molecular weight excluding hydrogens is 257 g/mol. The van der Waals surface area contributed by atoms with Crippen LogP contribution in [0.4, 0.5) is 10.2 Å². The Kier molecular flexibility index (Phi) is 4.90. The van der Waals surface area contributed by atoms with Gasteiger partial charge in [-0.25, -0.2) is 9.37 Å². The van der Waals surface area contributed by atoms with Crippen molar-refractivity contribution in [1.29, 1.82) is 5.26 Å². The van der Waals surface area contributed by atoms with Gasteiger partial charge in [0.1, 0.15) is 11.9 Å². The first-order chi connectivity index (χ1) is 9.81. The van der Waals surface area contributed by atoms with Crippen molar-refractivity contribution in [2.45, 2.75) is 6.42 Å². The number of para-hydroxylation sites is 1. The van der Waals surface area contributed by atoms with Crippen molar-refractivity contribution < 1.29 is 9.13 Å². The van der Waals surface area contributed by atoms with E-state index in [9.17, 15) is 4.39 Å². The van der Waals surface area contributed by atoms with Gasteiger partial charge in [-0.15, -0.1) is 0 Å². The Hall–Kier alpha value is -2.61. The Balaban J connectivity index is 1.75. The average Bonchev–Trinajstić information content (AvgIpc) is 2.49. The van der Waals surface area contributed by atoms with Gasteiger partial charge in [0.15, 0.2) is 11.6 Å². The van der Waals surface area contributed by atoms with Crippen LogP contribution in [0.25, 0.3) is 0 Å². The van der Waals surface area contributed by atoms with E-state index in [1.54, 1.807) is 36.5 Å². The number of hydrogen-bond donors (Lipinski definition) is 1. The zero-order valence-electron chi connectivity index (χ0n) is 10.8. The molecule has 1 heterocycles. The maximum Gasteiger partial charge on any atom is 0.165 e. The highest BCUT2D eigenvalue weighted by atomic mass is 19.1. The van der Waals surface area contributed by atoms with E-state index >= 15 is 0 Å². The SMILES string of the molecule is N#Cc1cccnc1NCCCOc1ccccc1F. The summed E-state index contributed by atoms with van der Waals surface area (Å²) in [6.07, 6.45) is 2.30. The molecule has 0 atom stereocenters. The van der Waals surface area contributed by atoms with E-state index in [0.717, 1.165) is 0 Å². The number of halogens is 1. The zero-order chi connectivity index (χ0) is 14.2. The number of nitriles is 1. The molecule has 0 aliphatic carbocycles. The molecule has 0 spiro atoms. The minimum absolute atomic E-state index is 0.253. The molecule has 1 aromatic carbocycles. The third-order valence-electron chi connectivity index (χ3n) is 2.64. The van der Waals surface area contributed by atoms with Gasteiger partial charge in [-0.05, 0) is 30.7 Å². The van der Waals surface area contributed by atoms with Crippen LogP contribution < -0.4 is 10.1 Å². The number of nitrogens with one attached hydrogen (secondary N) is 1. The number of nitrogens with zero attached hydrogens (tertiary/aromatic N) is 2. The van der Waals surface area contributed by atoms with E-state index in [4.69, 9.17) is 10.00 Å². The van der Waals surface area contributed by atoms with Crippen LogP contribution in [0.15, 0.2) is 42.6 Å². The molecular formula is C15H14FN3O. The Morgan fingerprint density at radius 1 is 1.25 bits per heavy atom. The van der Waals surface area contributed by atoms with Crippen LogP contribution in [-0.2, 0) is 0 Å². The number of aromatic nitrogens is 1. The van der Waals surface area contributed by atoms with Crippen LogP contribution in [0.5, 0.6) is 5.75 Å². The van der Waals surface area contributed by atoms with Gasteiger partial charge in [0.05, 0.1) is 12.2 Å². The molecule has 0 aliphatic heterocycles. The summed E-state index contributed by atoms with van der Waals surface area (Å²) >= 11 is 0. The van der Waals surface area contributed by atoms with Crippen LogP contribution >= 0.6 is 0 Å². The molecule has 0 amide bonds. The summed E-state index contributed by atoms with van der Waals surface area (Å²) in [7, 11) is 0. The second kappa shape index (κ2) is 7.10. The summed E-state index contributed by atoms with van der Waals surface area (Å²) in [4.78, 5) is 4.09. The average molecular weight is 271 g/mol. The smallest absolute Gasteiger partial charge is 0.165 e. The second-order valence-corrected chi connectivity index (χ2v) is 4.07. The first kappa shape index (κ1) is 13.8. The van der Waals surface area contributed by atoms with E-state index < -0.39 is 0 Å². The van der Waals surface area contributed by atoms with Crippen molar-refractivity contribution in [3.05, 3.63) is 54.0 Å². The van der Waals surface area contributed by atoms with Crippen molar-refractivity contribution in [1.82, 2.24) is 4.98 Å². The highest BCUT2D eigenvalue weighted by Crippen LogP contribution is 2.15. The van der Waals surface area contributed by atoms with Gasteiger partial charge >= 0.3 is 0 Å². The summed E-state index contributed by atoms with van der Waals surface area (Å²) < 4.78 is 18.6. The fourth-order valence-electron chi connectivity index (χ4n) is 1.66. The molecule has 5 heteroatoms. The van der Waals surface area contributed by atoms with E-state index in [-0.39, 0.29) is 11.6 Å². The van der Waals surface area contributed by atoms with Gasteiger partial charge < -0.3 is 10.1 Å². The second-order valence-electron chi connectivity index (χ2n) is 4.07. The number of anilines is 1. The topological polar surface area (TPSA) is 57.9 Å². The molecule has 0 saturated carbocycles. The fourth-order valence-corrected chi connectivity index (χ4v) is 1.66. The highest BCUT2D eigenvalue weighted by molar-refractivity contribution is 5.50. The molecule has 4 nitrogen and oxygen atoms in total. The molecule has 0 aliphatic rings. The largest absolute Gasteiger partial charge is 0.490 e. The van der Waals surface area contributed by atoms with E-state index in [1.807, 2.05) is 0 Å². The monoisotopic (exact) mass is 271 g/mol. The molecule has 1 aromatic heterocycles. The number of rotatable bonds is 6. The molecule has 2 aromatic rings. The molecule has 20 heavy (non-hydrogen) atoms. The zero-order valence-corrected chi connectivity index (χ0v) is 10.8. The molecule has 0 bridgehead atoms. The maximum absolute atomic E-state index is 13.3. The van der Waals surface area contributed by atoms with Gasteiger partial charge in [-0.1, -0.05) is 12.1 Å². The maximum atomic E-state index is 13.3. The van der Waals surface area contributed by atoms with Crippen molar-refractivity contribution in [2.75, 3.05) is 18.5 Å². The lowest BCUT2D eigenvalue weighted by atomic mass is 10.3. The van der Waals surface area contributed by atoms with E-state index in [2.05, 4.69) is 16.4 Å². The minimum atomic E-state index is -0.364. The normalized spacial score (nSPS) is 9.80. The number of hydrogen-bond acceptors (Lipinski definition) is 4. The number of ether oxygens (including phenoxy) is 1. The summed E-state index contributed by atoms with van der Waals surface area (Å²) in [6.45, 7) is 0.989. The summed E-state index contributed by atoms with van der Waals surface area (Å²) in [5.74, 6) is 0.445. The highest BCUT2D eigenvalue weighted by Gasteiger charge is 2.02. The van der Waals surface area contributed by atoms with Gasteiger partial charge in [0.25, 0.3) is 0 Å². The van der Waals surface area contributed by atoms with Gasteiger partial charge in [0.2, 0.25) is 0 Å². The summed E-state index contributed by atoms with van der Waals surface area (Å²) in [5.41, 5.74) is 0.502. The third-order valence-corrected chi connectivity index (χ3v) is 2.64. The van der Waals surface area contributed by atoms with Crippen LogP contribution in [0.1, 0.15) is 12.0 Å². The first-order valence-corrected chi connectivity index (χ1v) is 6.27. The summed E-state index contributed by atoms with van der Waals surface area (Å²) in [6, 6.07) is 11.8. The molecule has 2 rings (SSSR count). The Morgan fingerprint density at radius 3 is 2.90 bits per heavy atom.